The predicted octanol–water partition coefficient (Wildman–Crippen LogP) is 5.78. The van der Waals surface area contributed by atoms with Gasteiger partial charge in [0, 0.05) is 34.1 Å². The fourth-order valence-corrected chi connectivity index (χ4v) is 3.98. The monoisotopic (exact) mass is 406 g/mol. The van der Waals surface area contributed by atoms with Crippen molar-refractivity contribution in [3.8, 4) is 23.0 Å². The molecule has 0 atom stereocenters. The first-order chi connectivity index (χ1) is 13.9. The molecule has 0 saturated heterocycles. The summed E-state index contributed by atoms with van der Waals surface area (Å²) in [7, 11) is 0. The highest BCUT2D eigenvalue weighted by molar-refractivity contribution is 5.55. The van der Waals surface area contributed by atoms with E-state index in [9.17, 15) is 20.4 Å². The molecular formula is C26H30O4. The van der Waals surface area contributed by atoms with Gasteiger partial charge in [-0.3, -0.25) is 0 Å². The van der Waals surface area contributed by atoms with E-state index in [4.69, 9.17) is 0 Å². The zero-order valence-corrected chi connectivity index (χ0v) is 18.4. The van der Waals surface area contributed by atoms with Gasteiger partial charge in [-0.25, -0.2) is 0 Å². The van der Waals surface area contributed by atoms with Crippen LogP contribution in [0.15, 0.2) is 48.5 Å². The third-order valence-corrected chi connectivity index (χ3v) is 6.28. The molecule has 4 heteroatoms. The molecule has 4 nitrogen and oxygen atoms in total. The average molecular weight is 407 g/mol. The molecule has 0 amide bonds. The summed E-state index contributed by atoms with van der Waals surface area (Å²) in [5.74, 6) is 0.249. The molecular weight excluding hydrogens is 376 g/mol. The standard InChI is InChI=1S/C26H30O4/c1-15-10-19(23(29)13-21(15)27)25(3,4)17-8-7-9-18(12-17)26(5,6)20-11-16(2)22(28)14-24(20)30/h7-14,27-30H,1-6H3. The highest BCUT2D eigenvalue weighted by Gasteiger charge is 2.31. The molecule has 0 fully saturated rings. The minimum Gasteiger partial charge on any atom is -0.508 e. The largest absolute Gasteiger partial charge is 0.508 e. The molecule has 0 aromatic heterocycles. The van der Waals surface area contributed by atoms with Gasteiger partial charge in [-0.15, -0.1) is 0 Å². The van der Waals surface area contributed by atoms with Crippen molar-refractivity contribution in [3.05, 3.63) is 81.9 Å². The number of hydrogen-bond acceptors (Lipinski definition) is 4. The van der Waals surface area contributed by atoms with Crippen molar-refractivity contribution in [3.63, 3.8) is 0 Å². The molecule has 3 rings (SSSR count). The first-order valence-electron chi connectivity index (χ1n) is 10.0. The highest BCUT2D eigenvalue weighted by atomic mass is 16.3. The minimum atomic E-state index is -0.512. The molecule has 0 radical (unpaired) electrons. The molecule has 0 unspecified atom stereocenters. The molecule has 3 aromatic rings. The van der Waals surface area contributed by atoms with Crippen LogP contribution in [0.2, 0.25) is 0 Å². The van der Waals surface area contributed by atoms with Crippen molar-refractivity contribution >= 4 is 0 Å². The number of aromatic hydroxyl groups is 4. The number of phenols is 4. The average Bonchev–Trinajstić information content (AvgIpc) is 2.67. The molecule has 0 saturated carbocycles. The third kappa shape index (κ3) is 3.58. The van der Waals surface area contributed by atoms with Crippen molar-refractivity contribution in [2.45, 2.75) is 52.4 Å². The maximum Gasteiger partial charge on any atom is 0.123 e. The Balaban J connectivity index is 2.12. The number of phenolic OH excluding ortho intramolecular Hbond substituents is 4. The summed E-state index contributed by atoms with van der Waals surface area (Å²) in [4.78, 5) is 0. The molecule has 0 aliphatic carbocycles. The Labute approximate surface area is 178 Å². The summed E-state index contributed by atoms with van der Waals surface area (Å²) in [5, 5.41) is 40.8. The maximum absolute atomic E-state index is 10.5. The number of hydrogen-bond donors (Lipinski definition) is 4. The summed E-state index contributed by atoms with van der Waals surface area (Å²) >= 11 is 0. The predicted molar refractivity (Wildman–Crippen MR) is 120 cm³/mol. The normalized spacial score (nSPS) is 12.2. The first kappa shape index (κ1) is 21.6. The Bertz CT molecular complexity index is 1030. The molecule has 0 aliphatic heterocycles. The summed E-state index contributed by atoms with van der Waals surface area (Å²) < 4.78 is 0. The lowest BCUT2D eigenvalue weighted by Crippen LogP contribution is -2.23. The van der Waals surface area contributed by atoms with E-state index in [2.05, 4.69) is 6.07 Å². The van der Waals surface area contributed by atoms with E-state index < -0.39 is 10.8 Å². The van der Waals surface area contributed by atoms with Gasteiger partial charge >= 0.3 is 0 Å². The number of rotatable bonds is 4. The third-order valence-electron chi connectivity index (χ3n) is 6.28. The van der Waals surface area contributed by atoms with Crippen LogP contribution in [0.1, 0.15) is 61.1 Å². The Hall–Kier alpha value is -3.14. The lowest BCUT2D eigenvalue weighted by molar-refractivity contribution is 0.433. The van der Waals surface area contributed by atoms with Crippen molar-refractivity contribution in [2.75, 3.05) is 0 Å². The van der Waals surface area contributed by atoms with E-state index in [1.54, 1.807) is 0 Å². The number of benzene rings is 3. The zero-order chi connectivity index (χ0) is 22.4. The second kappa shape index (κ2) is 7.28. The second-order valence-electron chi connectivity index (χ2n) is 9.14. The van der Waals surface area contributed by atoms with Crippen LogP contribution in [0.4, 0.5) is 0 Å². The van der Waals surface area contributed by atoms with Gasteiger partial charge in [-0.1, -0.05) is 52.0 Å². The van der Waals surface area contributed by atoms with Crippen LogP contribution in [0.25, 0.3) is 0 Å². The van der Waals surface area contributed by atoms with Crippen LogP contribution < -0.4 is 0 Å². The van der Waals surface area contributed by atoms with E-state index in [1.807, 2.05) is 71.9 Å². The smallest absolute Gasteiger partial charge is 0.123 e. The van der Waals surface area contributed by atoms with Crippen molar-refractivity contribution in [2.24, 2.45) is 0 Å². The molecule has 158 valence electrons. The molecule has 0 bridgehead atoms. The molecule has 0 aliphatic rings. The van der Waals surface area contributed by atoms with Gasteiger partial charge in [0.15, 0.2) is 0 Å². The SMILES string of the molecule is Cc1cc(C(C)(C)c2cccc(C(C)(C)c3cc(C)c(O)cc3O)c2)c(O)cc1O. The molecule has 30 heavy (non-hydrogen) atoms. The molecule has 0 heterocycles. The van der Waals surface area contributed by atoms with Gasteiger partial charge < -0.3 is 20.4 Å². The fourth-order valence-electron chi connectivity index (χ4n) is 3.98. The van der Waals surface area contributed by atoms with Gasteiger partial charge in [0.25, 0.3) is 0 Å². The van der Waals surface area contributed by atoms with E-state index in [0.717, 1.165) is 22.3 Å². The van der Waals surface area contributed by atoms with E-state index in [-0.39, 0.29) is 23.0 Å². The van der Waals surface area contributed by atoms with Gasteiger partial charge in [0.2, 0.25) is 0 Å². The van der Waals surface area contributed by atoms with Gasteiger partial charge in [-0.2, -0.15) is 0 Å². The van der Waals surface area contributed by atoms with Crippen molar-refractivity contribution in [1.82, 2.24) is 0 Å². The van der Waals surface area contributed by atoms with Gasteiger partial charge in [0.1, 0.15) is 23.0 Å². The maximum atomic E-state index is 10.5. The quantitative estimate of drug-likeness (QED) is 0.443. The van der Waals surface area contributed by atoms with Crippen LogP contribution in [0.3, 0.4) is 0 Å². The Kier molecular flexibility index (Phi) is 5.23. The fraction of sp³-hybridized carbons (Fsp3) is 0.308. The summed E-state index contributed by atoms with van der Waals surface area (Å²) in [6, 6.07) is 14.5. The minimum absolute atomic E-state index is 0.0552. The van der Waals surface area contributed by atoms with Gasteiger partial charge in [-0.05, 0) is 48.2 Å². The van der Waals surface area contributed by atoms with Crippen molar-refractivity contribution in [1.29, 1.82) is 0 Å². The van der Waals surface area contributed by atoms with Crippen molar-refractivity contribution < 1.29 is 20.4 Å². The Morgan fingerprint density at radius 3 is 1.27 bits per heavy atom. The first-order valence-corrected chi connectivity index (χ1v) is 10.0. The molecule has 4 N–H and O–H groups in total. The Morgan fingerprint density at radius 2 is 0.900 bits per heavy atom. The summed E-state index contributed by atoms with van der Waals surface area (Å²) in [5.41, 5.74) is 3.86. The highest BCUT2D eigenvalue weighted by Crippen LogP contribution is 2.43. The van der Waals surface area contributed by atoms with Crippen LogP contribution in [-0.4, -0.2) is 20.4 Å². The molecule has 0 spiro atoms. The van der Waals surface area contributed by atoms with E-state index >= 15 is 0 Å². The van der Waals surface area contributed by atoms with Crippen LogP contribution in [-0.2, 0) is 10.8 Å². The Morgan fingerprint density at radius 1 is 0.533 bits per heavy atom. The van der Waals surface area contributed by atoms with Crippen LogP contribution in [0, 0.1) is 13.8 Å². The zero-order valence-electron chi connectivity index (χ0n) is 18.4. The van der Waals surface area contributed by atoms with Crippen LogP contribution in [0.5, 0.6) is 23.0 Å². The molecule has 3 aromatic carbocycles. The van der Waals surface area contributed by atoms with Crippen LogP contribution >= 0.6 is 0 Å². The topological polar surface area (TPSA) is 80.9 Å². The summed E-state index contributed by atoms with van der Waals surface area (Å²) in [6.45, 7) is 11.8. The van der Waals surface area contributed by atoms with E-state index in [1.165, 1.54) is 12.1 Å². The lowest BCUT2D eigenvalue weighted by atomic mass is 9.72. The lowest BCUT2D eigenvalue weighted by Gasteiger charge is -2.31. The van der Waals surface area contributed by atoms with E-state index in [0.29, 0.717) is 11.1 Å². The summed E-state index contributed by atoms with van der Waals surface area (Å²) in [6.07, 6.45) is 0. The van der Waals surface area contributed by atoms with Gasteiger partial charge in [0.05, 0.1) is 0 Å². The number of aryl methyl sites for hydroxylation is 2. The second-order valence-corrected chi connectivity index (χ2v) is 9.14.